The number of nitrogens with one attached hydrogen (secondary N) is 1. The van der Waals surface area contributed by atoms with Gasteiger partial charge in [0.1, 0.15) is 0 Å². The summed E-state index contributed by atoms with van der Waals surface area (Å²) in [5.74, 6) is -0.915. The molecule has 0 spiro atoms. The van der Waals surface area contributed by atoms with Gasteiger partial charge in [0.2, 0.25) is 0 Å². The molecule has 0 unspecified atom stereocenters. The molecule has 1 aromatic heterocycles. The lowest BCUT2D eigenvalue weighted by Crippen LogP contribution is -1.97. The van der Waals surface area contributed by atoms with E-state index in [-0.39, 0.29) is 0 Å². The van der Waals surface area contributed by atoms with Crippen LogP contribution in [0.5, 0.6) is 0 Å². The van der Waals surface area contributed by atoms with Crippen LogP contribution in [0.3, 0.4) is 0 Å². The van der Waals surface area contributed by atoms with Crippen molar-refractivity contribution >= 4 is 38.8 Å². The van der Waals surface area contributed by atoms with Crippen molar-refractivity contribution in [2.75, 3.05) is 0 Å². The summed E-state index contributed by atoms with van der Waals surface area (Å²) in [4.78, 5) is 11.4. The standard InChI is InChI=1S/C28H22N2O2/c1-2-25(18-6-4-3-5-7-18)27(22-12-13-26-24(16-22)17-29-30-26)21-10-8-20-15-23(28(31)32)11-9-19(20)14-21/h3-17H,2H2,1H3,(H,29,30)(H,31,32). The summed E-state index contributed by atoms with van der Waals surface area (Å²) in [6, 6.07) is 28.3. The maximum atomic E-state index is 11.4. The summed E-state index contributed by atoms with van der Waals surface area (Å²) in [5, 5.41) is 19.5. The minimum Gasteiger partial charge on any atom is -0.478 e. The summed E-state index contributed by atoms with van der Waals surface area (Å²) in [6.45, 7) is 2.18. The first-order valence-electron chi connectivity index (χ1n) is 10.6. The molecule has 0 saturated carbocycles. The number of H-pyrrole nitrogens is 1. The van der Waals surface area contributed by atoms with Crippen molar-refractivity contribution in [2.24, 2.45) is 0 Å². The summed E-state index contributed by atoms with van der Waals surface area (Å²) in [5.41, 5.74) is 7.15. The van der Waals surface area contributed by atoms with Gasteiger partial charge < -0.3 is 5.11 Å². The van der Waals surface area contributed by atoms with Crippen LogP contribution in [0.1, 0.15) is 40.4 Å². The maximum Gasteiger partial charge on any atom is 0.335 e. The lowest BCUT2D eigenvalue weighted by Gasteiger charge is -2.17. The number of fused-ring (bicyclic) bond motifs is 2. The molecule has 32 heavy (non-hydrogen) atoms. The predicted octanol–water partition coefficient (Wildman–Crippen LogP) is 6.78. The fourth-order valence-electron chi connectivity index (χ4n) is 4.31. The largest absolute Gasteiger partial charge is 0.478 e. The van der Waals surface area contributed by atoms with Gasteiger partial charge in [0.15, 0.2) is 0 Å². The van der Waals surface area contributed by atoms with Crippen LogP contribution in [0, 0.1) is 0 Å². The van der Waals surface area contributed by atoms with Gasteiger partial charge in [-0.2, -0.15) is 5.10 Å². The van der Waals surface area contributed by atoms with E-state index in [0.717, 1.165) is 39.2 Å². The molecule has 5 rings (SSSR count). The second-order valence-corrected chi connectivity index (χ2v) is 7.83. The first kappa shape index (κ1) is 19.8. The minimum atomic E-state index is -0.915. The third kappa shape index (κ3) is 3.56. The van der Waals surface area contributed by atoms with Crippen molar-refractivity contribution in [3.63, 3.8) is 0 Å². The Morgan fingerprint density at radius 2 is 1.41 bits per heavy atom. The van der Waals surface area contributed by atoms with Gasteiger partial charge in [-0.3, -0.25) is 5.10 Å². The quantitative estimate of drug-likeness (QED) is 0.309. The molecule has 0 aliphatic carbocycles. The monoisotopic (exact) mass is 418 g/mol. The number of aromatic carboxylic acids is 1. The first-order valence-corrected chi connectivity index (χ1v) is 10.6. The Kier molecular flexibility index (Phi) is 5.04. The van der Waals surface area contributed by atoms with E-state index in [0.29, 0.717) is 5.56 Å². The second-order valence-electron chi connectivity index (χ2n) is 7.83. The van der Waals surface area contributed by atoms with Gasteiger partial charge in [-0.25, -0.2) is 4.79 Å². The third-order valence-corrected chi connectivity index (χ3v) is 5.88. The number of hydrogen-bond acceptors (Lipinski definition) is 2. The molecule has 5 aromatic rings. The Morgan fingerprint density at radius 1 is 0.781 bits per heavy atom. The lowest BCUT2D eigenvalue weighted by atomic mass is 9.87. The molecule has 0 saturated heterocycles. The van der Waals surface area contributed by atoms with Crippen molar-refractivity contribution in [3.05, 3.63) is 113 Å². The molecule has 2 N–H and O–H groups in total. The third-order valence-electron chi connectivity index (χ3n) is 5.88. The molecule has 1 heterocycles. The normalized spacial score (nSPS) is 12.2. The fourth-order valence-corrected chi connectivity index (χ4v) is 4.31. The number of nitrogens with zero attached hydrogens (tertiary/aromatic N) is 1. The maximum absolute atomic E-state index is 11.4. The highest BCUT2D eigenvalue weighted by atomic mass is 16.4. The van der Waals surface area contributed by atoms with Crippen LogP contribution >= 0.6 is 0 Å². The average molecular weight is 418 g/mol. The van der Waals surface area contributed by atoms with Gasteiger partial charge >= 0.3 is 5.97 Å². The van der Waals surface area contributed by atoms with Gasteiger partial charge in [-0.1, -0.05) is 61.5 Å². The van der Waals surface area contributed by atoms with E-state index in [1.807, 2.05) is 24.4 Å². The zero-order valence-corrected chi connectivity index (χ0v) is 17.7. The molecule has 0 bridgehead atoms. The molecule has 0 aliphatic rings. The number of carboxylic acids is 1. The van der Waals surface area contributed by atoms with Crippen LogP contribution in [0.4, 0.5) is 0 Å². The van der Waals surface area contributed by atoms with E-state index in [2.05, 4.69) is 71.7 Å². The molecule has 4 aromatic carbocycles. The van der Waals surface area contributed by atoms with Crippen LogP contribution in [-0.4, -0.2) is 21.3 Å². The molecular formula is C28H22N2O2. The fraction of sp³-hybridized carbons (Fsp3) is 0.0714. The average Bonchev–Trinajstić information content (AvgIpc) is 3.30. The molecule has 0 fully saturated rings. The van der Waals surface area contributed by atoms with Gasteiger partial charge in [0, 0.05) is 5.39 Å². The summed E-state index contributed by atoms with van der Waals surface area (Å²) in [7, 11) is 0. The highest BCUT2D eigenvalue weighted by Crippen LogP contribution is 2.36. The molecule has 0 amide bonds. The number of rotatable bonds is 5. The Morgan fingerprint density at radius 3 is 2.09 bits per heavy atom. The number of carboxylic acid groups (broad SMARTS) is 1. The number of allylic oxidation sites excluding steroid dienone is 1. The molecule has 0 aliphatic heterocycles. The van der Waals surface area contributed by atoms with Crippen molar-refractivity contribution in [3.8, 4) is 0 Å². The first-order chi connectivity index (χ1) is 15.6. The Hall–Kier alpha value is -4.18. The topological polar surface area (TPSA) is 66.0 Å². The SMILES string of the molecule is CCC(=C(c1ccc2cc(C(=O)O)ccc2c1)c1ccc2[nH]ncc2c1)c1ccccc1. The zero-order chi connectivity index (χ0) is 22.1. The zero-order valence-electron chi connectivity index (χ0n) is 17.7. The predicted molar refractivity (Wildman–Crippen MR) is 130 cm³/mol. The smallest absolute Gasteiger partial charge is 0.335 e. The molecule has 0 atom stereocenters. The van der Waals surface area contributed by atoms with Crippen LogP contribution in [0.25, 0.3) is 32.8 Å². The van der Waals surface area contributed by atoms with E-state index in [4.69, 9.17) is 0 Å². The van der Waals surface area contributed by atoms with E-state index in [1.165, 1.54) is 16.7 Å². The highest BCUT2D eigenvalue weighted by Gasteiger charge is 2.15. The van der Waals surface area contributed by atoms with Crippen LogP contribution in [0.2, 0.25) is 0 Å². The van der Waals surface area contributed by atoms with E-state index in [1.54, 1.807) is 12.1 Å². The highest BCUT2D eigenvalue weighted by molar-refractivity contribution is 6.03. The molecule has 4 heteroatoms. The summed E-state index contributed by atoms with van der Waals surface area (Å²) in [6.07, 6.45) is 2.72. The Labute approximate surface area is 185 Å². The van der Waals surface area contributed by atoms with Gasteiger partial charge in [0.25, 0.3) is 0 Å². The van der Waals surface area contributed by atoms with E-state index >= 15 is 0 Å². The molecule has 0 radical (unpaired) electrons. The van der Waals surface area contributed by atoms with E-state index in [9.17, 15) is 9.90 Å². The Balaban J connectivity index is 1.76. The molecule has 156 valence electrons. The number of aromatic nitrogens is 2. The summed E-state index contributed by atoms with van der Waals surface area (Å²) < 4.78 is 0. The van der Waals surface area contributed by atoms with Gasteiger partial charge in [-0.15, -0.1) is 0 Å². The number of hydrogen-bond donors (Lipinski definition) is 2. The van der Waals surface area contributed by atoms with Gasteiger partial charge in [0.05, 0.1) is 17.3 Å². The Bertz CT molecular complexity index is 1480. The van der Waals surface area contributed by atoms with Crippen LogP contribution in [0.15, 0.2) is 91.1 Å². The number of carbonyl (C=O) groups is 1. The lowest BCUT2D eigenvalue weighted by molar-refractivity contribution is 0.0697. The van der Waals surface area contributed by atoms with Crippen molar-refractivity contribution in [1.82, 2.24) is 10.2 Å². The molecule has 4 nitrogen and oxygen atoms in total. The van der Waals surface area contributed by atoms with Crippen molar-refractivity contribution in [1.29, 1.82) is 0 Å². The van der Waals surface area contributed by atoms with Crippen molar-refractivity contribution < 1.29 is 9.90 Å². The minimum absolute atomic E-state index is 0.296. The number of benzene rings is 4. The molecular weight excluding hydrogens is 396 g/mol. The van der Waals surface area contributed by atoms with Crippen LogP contribution in [-0.2, 0) is 0 Å². The van der Waals surface area contributed by atoms with Crippen molar-refractivity contribution in [2.45, 2.75) is 13.3 Å². The summed E-state index contributed by atoms with van der Waals surface area (Å²) >= 11 is 0. The second kappa shape index (κ2) is 8.16. The number of aromatic amines is 1. The van der Waals surface area contributed by atoms with E-state index < -0.39 is 5.97 Å². The van der Waals surface area contributed by atoms with Crippen LogP contribution < -0.4 is 0 Å². The van der Waals surface area contributed by atoms with Gasteiger partial charge in [-0.05, 0) is 75.4 Å².